The van der Waals surface area contributed by atoms with Crippen molar-refractivity contribution in [3.05, 3.63) is 29.2 Å². The molecule has 1 rings (SSSR count). The van der Waals surface area contributed by atoms with Crippen molar-refractivity contribution in [2.45, 2.75) is 12.8 Å². The molecule has 0 spiro atoms. The molecule has 0 N–H and O–H groups in total. The van der Waals surface area contributed by atoms with Crippen LogP contribution in [0.1, 0.15) is 11.4 Å². The van der Waals surface area contributed by atoms with Crippen molar-refractivity contribution in [1.29, 1.82) is 0 Å². The molecule has 0 bridgehead atoms. The Balaban J connectivity index is 2.38. The minimum Gasteiger partial charge on any atom is -0.250 e. The van der Waals surface area contributed by atoms with E-state index in [1.165, 1.54) is 0 Å². The number of rotatable bonds is 3. The van der Waals surface area contributed by atoms with Gasteiger partial charge in [-0.25, -0.2) is 4.98 Å². The molecule has 47 valence electrons. The fourth-order valence-corrected chi connectivity index (χ4v) is 1.22. The van der Waals surface area contributed by atoms with E-state index in [0.29, 0.717) is 0 Å². The Bertz CT molecular complexity index is 167. The summed E-state index contributed by atoms with van der Waals surface area (Å²) in [5, 5.41) is 3.14. The Morgan fingerprint density at radius 1 is 1.78 bits per heavy atom. The predicted octanol–water partition coefficient (Wildman–Crippen LogP) is 2.06. The number of allylic oxidation sites excluding steroid dienone is 1. The van der Waals surface area contributed by atoms with Gasteiger partial charge in [-0.2, -0.15) is 0 Å². The lowest BCUT2D eigenvalue weighted by Crippen LogP contribution is -1.78. The fraction of sp³-hybridized carbons (Fsp3) is 0.286. The third kappa shape index (κ3) is 1.98. The summed E-state index contributed by atoms with van der Waals surface area (Å²) in [5.74, 6) is 0. The highest BCUT2D eigenvalue weighted by atomic mass is 32.1. The van der Waals surface area contributed by atoms with Crippen LogP contribution in [0.5, 0.6) is 0 Å². The topological polar surface area (TPSA) is 12.9 Å². The summed E-state index contributed by atoms with van der Waals surface area (Å²) in [6.45, 7) is 5.20. The van der Waals surface area contributed by atoms with Crippen molar-refractivity contribution in [3.8, 4) is 0 Å². The van der Waals surface area contributed by atoms with E-state index in [1.54, 1.807) is 17.4 Å². The maximum absolute atomic E-state index is 5.20. The van der Waals surface area contributed by atoms with Crippen LogP contribution in [0.15, 0.2) is 17.7 Å². The number of hydrogen-bond acceptors (Lipinski definition) is 2. The van der Waals surface area contributed by atoms with E-state index in [1.807, 2.05) is 11.6 Å². The Morgan fingerprint density at radius 3 is 3.22 bits per heavy atom. The minimum absolute atomic E-state index is 0.924. The van der Waals surface area contributed by atoms with E-state index in [4.69, 9.17) is 6.58 Å². The van der Waals surface area contributed by atoms with Gasteiger partial charge in [-0.05, 0) is 6.42 Å². The molecular weight excluding hydrogens is 130 g/mol. The lowest BCUT2D eigenvalue weighted by molar-refractivity contribution is 0.981. The molecular formula is C7H8NS. The SMILES string of the molecule is [CH]=CCCc1nccs1. The van der Waals surface area contributed by atoms with Crippen molar-refractivity contribution >= 4 is 11.3 Å². The quantitative estimate of drug-likeness (QED) is 0.623. The number of aromatic nitrogens is 1. The summed E-state index contributed by atoms with van der Waals surface area (Å²) in [4.78, 5) is 4.10. The number of aryl methyl sites for hydroxylation is 1. The van der Waals surface area contributed by atoms with Crippen molar-refractivity contribution in [2.75, 3.05) is 0 Å². The normalized spacial score (nSPS) is 9.33. The van der Waals surface area contributed by atoms with Crippen molar-refractivity contribution in [3.63, 3.8) is 0 Å². The zero-order chi connectivity index (χ0) is 6.53. The van der Waals surface area contributed by atoms with Crippen LogP contribution >= 0.6 is 11.3 Å². The van der Waals surface area contributed by atoms with E-state index in [9.17, 15) is 0 Å². The minimum atomic E-state index is 0.924. The van der Waals surface area contributed by atoms with Crippen LogP contribution in [0.3, 0.4) is 0 Å². The van der Waals surface area contributed by atoms with Crippen LogP contribution in [-0.2, 0) is 6.42 Å². The Kier molecular flexibility index (Phi) is 2.46. The Hall–Kier alpha value is -0.630. The molecule has 1 heterocycles. The molecule has 2 heteroatoms. The molecule has 0 saturated carbocycles. The van der Waals surface area contributed by atoms with Crippen LogP contribution in [0.2, 0.25) is 0 Å². The zero-order valence-corrected chi connectivity index (χ0v) is 5.90. The van der Waals surface area contributed by atoms with E-state index in [2.05, 4.69) is 4.98 Å². The number of nitrogens with zero attached hydrogens (tertiary/aromatic N) is 1. The third-order valence-electron chi connectivity index (χ3n) is 1.01. The third-order valence-corrected chi connectivity index (χ3v) is 1.85. The predicted molar refractivity (Wildman–Crippen MR) is 39.3 cm³/mol. The largest absolute Gasteiger partial charge is 0.250 e. The molecule has 0 aliphatic carbocycles. The smallest absolute Gasteiger partial charge is 0.0927 e. The van der Waals surface area contributed by atoms with Gasteiger partial charge < -0.3 is 0 Å². The van der Waals surface area contributed by atoms with Gasteiger partial charge >= 0.3 is 0 Å². The van der Waals surface area contributed by atoms with Crippen molar-refractivity contribution in [1.82, 2.24) is 4.98 Å². The van der Waals surface area contributed by atoms with Gasteiger partial charge in [-0.1, -0.05) is 12.7 Å². The second kappa shape index (κ2) is 3.41. The molecule has 1 aromatic rings. The molecule has 0 unspecified atom stereocenters. The van der Waals surface area contributed by atoms with Gasteiger partial charge in [0.2, 0.25) is 0 Å². The van der Waals surface area contributed by atoms with Crippen LogP contribution in [0.25, 0.3) is 0 Å². The zero-order valence-electron chi connectivity index (χ0n) is 5.08. The average molecular weight is 138 g/mol. The lowest BCUT2D eigenvalue weighted by atomic mass is 10.3. The highest BCUT2D eigenvalue weighted by Gasteiger charge is 1.90. The summed E-state index contributed by atoms with van der Waals surface area (Å²) in [6, 6.07) is 0. The highest BCUT2D eigenvalue weighted by Crippen LogP contribution is 2.06. The molecule has 0 atom stereocenters. The number of hydrogen-bond donors (Lipinski definition) is 0. The van der Waals surface area contributed by atoms with Gasteiger partial charge in [0.15, 0.2) is 0 Å². The van der Waals surface area contributed by atoms with Gasteiger partial charge in [0.05, 0.1) is 5.01 Å². The average Bonchev–Trinajstić information content (AvgIpc) is 2.34. The molecule has 9 heavy (non-hydrogen) atoms. The van der Waals surface area contributed by atoms with E-state index in [0.717, 1.165) is 17.8 Å². The summed E-state index contributed by atoms with van der Waals surface area (Å²) >= 11 is 1.68. The van der Waals surface area contributed by atoms with Gasteiger partial charge in [-0.3, -0.25) is 0 Å². The second-order valence-electron chi connectivity index (χ2n) is 1.70. The van der Waals surface area contributed by atoms with Crippen LogP contribution in [0.4, 0.5) is 0 Å². The van der Waals surface area contributed by atoms with Gasteiger partial charge in [0.1, 0.15) is 0 Å². The van der Waals surface area contributed by atoms with Crippen molar-refractivity contribution < 1.29 is 0 Å². The van der Waals surface area contributed by atoms with Crippen LogP contribution in [-0.4, -0.2) is 4.98 Å². The lowest BCUT2D eigenvalue weighted by Gasteiger charge is -1.85. The summed E-state index contributed by atoms with van der Waals surface area (Å²) in [6.07, 6.45) is 5.39. The summed E-state index contributed by atoms with van der Waals surface area (Å²) in [5.41, 5.74) is 0. The first-order chi connectivity index (χ1) is 4.43. The maximum Gasteiger partial charge on any atom is 0.0927 e. The summed E-state index contributed by atoms with van der Waals surface area (Å²) < 4.78 is 0. The first kappa shape index (κ1) is 6.49. The molecule has 1 nitrogen and oxygen atoms in total. The van der Waals surface area contributed by atoms with E-state index >= 15 is 0 Å². The highest BCUT2D eigenvalue weighted by molar-refractivity contribution is 7.09. The molecule has 0 amide bonds. The van der Waals surface area contributed by atoms with Crippen LogP contribution < -0.4 is 0 Å². The first-order valence-electron chi connectivity index (χ1n) is 2.85. The molecule has 0 aliphatic heterocycles. The molecule has 1 aromatic heterocycles. The van der Waals surface area contributed by atoms with E-state index in [-0.39, 0.29) is 0 Å². The molecule has 0 aromatic carbocycles. The van der Waals surface area contributed by atoms with Gasteiger partial charge in [0, 0.05) is 18.0 Å². The molecule has 0 aliphatic rings. The van der Waals surface area contributed by atoms with Crippen molar-refractivity contribution in [2.24, 2.45) is 0 Å². The summed E-state index contributed by atoms with van der Waals surface area (Å²) in [7, 11) is 0. The Morgan fingerprint density at radius 2 is 2.67 bits per heavy atom. The molecule has 0 saturated heterocycles. The second-order valence-corrected chi connectivity index (χ2v) is 2.68. The van der Waals surface area contributed by atoms with E-state index < -0.39 is 0 Å². The van der Waals surface area contributed by atoms with Gasteiger partial charge in [0.25, 0.3) is 0 Å². The maximum atomic E-state index is 5.20. The van der Waals surface area contributed by atoms with Gasteiger partial charge in [-0.15, -0.1) is 11.3 Å². The standard InChI is InChI=1S/C7H8NS/c1-2-3-4-7-8-5-6-9-7/h1-2,5-6H,3-4H2. The molecule has 0 fully saturated rings. The number of thiazole rings is 1. The molecule has 1 radical (unpaired) electrons. The first-order valence-corrected chi connectivity index (χ1v) is 3.73. The van der Waals surface area contributed by atoms with Crippen LogP contribution in [0, 0.1) is 6.58 Å². The fourth-order valence-electron chi connectivity index (χ4n) is 0.583. The monoisotopic (exact) mass is 138 g/mol. The Labute approximate surface area is 59.1 Å².